The number of amides is 1. The van der Waals surface area contributed by atoms with Gasteiger partial charge >= 0.3 is 11.9 Å². The quantitative estimate of drug-likeness (QED) is 0.819. The first-order chi connectivity index (χ1) is 12.2. The summed E-state index contributed by atoms with van der Waals surface area (Å²) in [7, 11) is 2.60. The molecule has 0 fully saturated rings. The molecule has 0 aliphatic rings. The molecule has 138 valence electrons. The van der Waals surface area contributed by atoms with Gasteiger partial charge in [-0.05, 0) is 56.5 Å². The second-order valence-corrected chi connectivity index (χ2v) is 6.03. The highest BCUT2D eigenvalue weighted by Crippen LogP contribution is 2.23. The fourth-order valence-corrected chi connectivity index (χ4v) is 2.83. The topological polar surface area (TPSA) is 97.5 Å². The molecule has 2 rings (SSSR count). The first-order valence-electron chi connectivity index (χ1n) is 7.99. The van der Waals surface area contributed by atoms with E-state index in [2.05, 4.69) is 10.3 Å². The number of carbonyl (C=O) groups excluding carboxylic acids is 3. The van der Waals surface area contributed by atoms with Crippen molar-refractivity contribution in [2.75, 3.05) is 19.5 Å². The molecular weight excluding hydrogens is 336 g/mol. The minimum atomic E-state index is -0.505. The highest BCUT2D eigenvalue weighted by molar-refractivity contribution is 6.07. The predicted octanol–water partition coefficient (Wildman–Crippen LogP) is 3.07. The molecule has 0 spiro atoms. The third-order valence-corrected chi connectivity index (χ3v) is 4.38. The van der Waals surface area contributed by atoms with Crippen LogP contribution >= 0.6 is 0 Å². The van der Waals surface area contributed by atoms with Gasteiger partial charge in [0.1, 0.15) is 5.69 Å². The molecule has 0 saturated carbocycles. The van der Waals surface area contributed by atoms with E-state index in [1.165, 1.54) is 14.2 Å². The van der Waals surface area contributed by atoms with Crippen molar-refractivity contribution in [3.63, 3.8) is 0 Å². The summed E-state index contributed by atoms with van der Waals surface area (Å²) in [5, 5.41) is 2.75. The zero-order chi connectivity index (χ0) is 19.6. The Hall–Kier alpha value is -3.09. The summed E-state index contributed by atoms with van der Waals surface area (Å²) in [6.45, 7) is 7.03. The van der Waals surface area contributed by atoms with Crippen LogP contribution in [0.3, 0.4) is 0 Å². The number of esters is 2. The van der Waals surface area contributed by atoms with Crippen LogP contribution in [0.1, 0.15) is 53.6 Å². The summed E-state index contributed by atoms with van der Waals surface area (Å²) in [5.74, 6) is -1.39. The molecule has 0 unspecified atom stereocenters. The number of H-pyrrole nitrogens is 1. The van der Waals surface area contributed by atoms with Gasteiger partial charge in [-0.15, -0.1) is 0 Å². The molecule has 2 aromatic rings. The molecule has 0 atom stereocenters. The van der Waals surface area contributed by atoms with E-state index in [0.717, 1.165) is 11.1 Å². The first-order valence-corrected chi connectivity index (χ1v) is 7.99. The minimum absolute atomic E-state index is 0.265. The fourth-order valence-electron chi connectivity index (χ4n) is 2.83. The number of anilines is 1. The standard InChI is InChI=1S/C19H22N2O5/c1-9-7-13(8-14(10(9)2)18(23)25-5)21-17(22)16-11(3)15(12(4)20-16)19(24)26-6/h7-8,20H,1-6H3,(H,21,22). The Morgan fingerprint density at radius 2 is 1.54 bits per heavy atom. The molecule has 0 radical (unpaired) electrons. The van der Waals surface area contributed by atoms with E-state index < -0.39 is 17.8 Å². The number of rotatable bonds is 4. The van der Waals surface area contributed by atoms with Gasteiger partial charge in [-0.25, -0.2) is 9.59 Å². The van der Waals surface area contributed by atoms with Crippen LogP contribution in [0.4, 0.5) is 5.69 Å². The van der Waals surface area contributed by atoms with Crippen LogP contribution in [0.2, 0.25) is 0 Å². The maximum Gasteiger partial charge on any atom is 0.339 e. The third kappa shape index (κ3) is 3.46. The average molecular weight is 358 g/mol. The lowest BCUT2D eigenvalue weighted by Crippen LogP contribution is -2.15. The van der Waals surface area contributed by atoms with Crippen LogP contribution in [-0.4, -0.2) is 37.0 Å². The molecule has 26 heavy (non-hydrogen) atoms. The van der Waals surface area contributed by atoms with Gasteiger partial charge in [0.15, 0.2) is 0 Å². The lowest BCUT2D eigenvalue weighted by molar-refractivity contribution is 0.0590. The number of hydrogen-bond acceptors (Lipinski definition) is 5. The number of ether oxygens (including phenoxy) is 2. The Kier molecular flexibility index (Phi) is 5.50. The molecule has 0 saturated heterocycles. The second kappa shape index (κ2) is 7.43. The zero-order valence-electron chi connectivity index (χ0n) is 15.7. The van der Waals surface area contributed by atoms with Gasteiger partial charge in [0.25, 0.3) is 5.91 Å². The molecule has 1 amide bonds. The van der Waals surface area contributed by atoms with E-state index in [1.54, 1.807) is 26.0 Å². The molecule has 2 N–H and O–H groups in total. The normalized spacial score (nSPS) is 10.4. The zero-order valence-corrected chi connectivity index (χ0v) is 15.7. The number of nitrogens with one attached hydrogen (secondary N) is 2. The van der Waals surface area contributed by atoms with Gasteiger partial charge in [0, 0.05) is 11.4 Å². The fraction of sp³-hybridized carbons (Fsp3) is 0.316. The summed E-state index contributed by atoms with van der Waals surface area (Å²) in [6.07, 6.45) is 0. The molecule has 1 heterocycles. The van der Waals surface area contributed by atoms with Crippen LogP contribution in [0.5, 0.6) is 0 Å². The summed E-state index contributed by atoms with van der Waals surface area (Å²) < 4.78 is 9.53. The van der Waals surface area contributed by atoms with E-state index in [0.29, 0.717) is 28.1 Å². The lowest BCUT2D eigenvalue weighted by atomic mass is 10.0. The largest absolute Gasteiger partial charge is 0.465 e. The van der Waals surface area contributed by atoms with E-state index in [-0.39, 0.29) is 5.69 Å². The van der Waals surface area contributed by atoms with Crippen LogP contribution in [0.25, 0.3) is 0 Å². The lowest BCUT2D eigenvalue weighted by Gasteiger charge is -2.12. The maximum absolute atomic E-state index is 12.6. The van der Waals surface area contributed by atoms with Crippen molar-refractivity contribution in [2.24, 2.45) is 0 Å². The Labute approximate surface area is 151 Å². The number of benzene rings is 1. The molecular formula is C19H22N2O5. The number of aromatic nitrogens is 1. The molecule has 0 aliphatic carbocycles. The summed E-state index contributed by atoms with van der Waals surface area (Å²) in [6, 6.07) is 3.34. The highest BCUT2D eigenvalue weighted by atomic mass is 16.5. The SMILES string of the molecule is COC(=O)c1cc(NC(=O)c2[nH]c(C)c(C(=O)OC)c2C)cc(C)c1C. The van der Waals surface area contributed by atoms with Crippen LogP contribution in [-0.2, 0) is 9.47 Å². The first kappa shape index (κ1) is 19.2. The smallest absolute Gasteiger partial charge is 0.339 e. The van der Waals surface area contributed by atoms with Gasteiger partial charge in [-0.2, -0.15) is 0 Å². The van der Waals surface area contributed by atoms with Gasteiger partial charge < -0.3 is 19.8 Å². The Balaban J connectivity index is 2.38. The van der Waals surface area contributed by atoms with Crippen molar-refractivity contribution in [1.82, 2.24) is 4.98 Å². The molecule has 7 heteroatoms. The third-order valence-electron chi connectivity index (χ3n) is 4.38. The minimum Gasteiger partial charge on any atom is -0.465 e. The van der Waals surface area contributed by atoms with E-state index in [1.807, 2.05) is 13.8 Å². The Morgan fingerprint density at radius 3 is 2.12 bits per heavy atom. The summed E-state index contributed by atoms with van der Waals surface area (Å²) in [5.41, 5.74) is 4.14. The number of hydrogen-bond donors (Lipinski definition) is 2. The number of carbonyl (C=O) groups is 3. The van der Waals surface area contributed by atoms with Crippen molar-refractivity contribution in [2.45, 2.75) is 27.7 Å². The van der Waals surface area contributed by atoms with Crippen molar-refractivity contribution < 1.29 is 23.9 Å². The van der Waals surface area contributed by atoms with E-state index >= 15 is 0 Å². The monoisotopic (exact) mass is 358 g/mol. The van der Waals surface area contributed by atoms with Crippen molar-refractivity contribution in [3.05, 3.63) is 51.3 Å². The maximum atomic E-state index is 12.6. The van der Waals surface area contributed by atoms with Crippen molar-refractivity contribution >= 4 is 23.5 Å². The van der Waals surface area contributed by atoms with Gasteiger partial charge in [-0.1, -0.05) is 0 Å². The Bertz CT molecular complexity index is 896. The molecule has 0 aliphatic heterocycles. The molecule has 7 nitrogen and oxygen atoms in total. The molecule has 1 aromatic heterocycles. The number of methoxy groups -OCH3 is 2. The van der Waals surface area contributed by atoms with Crippen molar-refractivity contribution in [1.29, 1.82) is 0 Å². The Morgan fingerprint density at radius 1 is 0.923 bits per heavy atom. The van der Waals surface area contributed by atoms with E-state index in [9.17, 15) is 14.4 Å². The van der Waals surface area contributed by atoms with Gasteiger partial charge in [0.05, 0.1) is 25.3 Å². The molecule has 0 bridgehead atoms. The number of aryl methyl sites for hydroxylation is 2. The van der Waals surface area contributed by atoms with Crippen LogP contribution in [0.15, 0.2) is 12.1 Å². The van der Waals surface area contributed by atoms with Gasteiger partial charge in [-0.3, -0.25) is 4.79 Å². The number of aromatic amines is 1. The highest BCUT2D eigenvalue weighted by Gasteiger charge is 2.23. The predicted molar refractivity (Wildman–Crippen MR) is 96.8 cm³/mol. The second-order valence-electron chi connectivity index (χ2n) is 6.03. The van der Waals surface area contributed by atoms with Gasteiger partial charge in [0.2, 0.25) is 0 Å². The van der Waals surface area contributed by atoms with Crippen LogP contribution < -0.4 is 5.32 Å². The van der Waals surface area contributed by atoms with Crippen LogP contribution in [0, 0.1) is 27.7 Å². The summed E-state index contributed by atoms with van der Waals surface area (Å²) >= 11 is 0. The van der Waals surface area contributed by atoms with Crippen molar-refractivity contribution in [3.8, 4) is 0 Å². The molecule has 1 aromatic carbocycles. The van der Waals surface area contributed by atoms with E-state index in [4.69, 9.17) is 9.47 Å². The average Bonchev–Trinajstić information content (AvgIpc) is 2.91. The summed E-state index contributed by atoms with van der Waals surface area (Å²) in [4.78, 5) is 39.3.